The average Bonchev–Trinajstić information content (AvgIpc) is 2.81. The molecule has 1 saturated heterocycles. The molecule has 1 aliphatic heterocycles. The molecule has 0 spiro atoms. The van der Waals surface area contributed by atoms with Gasteiger partial charge in [-0.05, 0) is 44.2 Å². The minimum atomic E-state index is -3.90. The summed E-state index contributed by atoms with van der Waals surface area (Å²) in [7, 11) is -7.79. The van der Waals surface area contributed by atoms with E-state index in [1.54, 1.807) is 25.1 Å². The minimum absolute atomic E-state index is 0.0320. The quantitative estimate of drug-likeness (QED) is 0.536. The average molecular weight is 498 g/mol. The van der Waals surface area contributed by atoms with E-state index < -0.39 is 32.0 Å². The Labute approximate surface area is 194 Å². The van der Waals surface area contributed by atoms with Crippen molar-refractivity contribution in [1.82, 2.24) is 9.03 Å². The van der Waals surface area contributed by atoms with Gasteiger partial charge < -0.3 is 14.8 Å². The van der Waals surface area contributed by atoms with Gasteiger partial charge >= 0.3 is 0 Å². The lowest BCUT2D eigenvalue weighted by Gasteiger charge is -2.27. The number of hydrogen-bond donors (Lipinski definition) is 2. The van der Waals surface area contributed by atoms with E-state index in [2.05, 4.69) is 10.0 Å². The van der Waals surface area contributed by atoms with Crippen LogP contribution in [0.4, 0.5) is 5.69 Å². The Hall–Kier alpha value is -2.51. The van der Waals surface area contributed by atoms with Crippen molar-refractivity contribution in [2.45, 2.75) is 29.7 Å². The van der Waals surface area contributed by atoms with E-state index in [9.17, 15) is 21.6 Å². The molecule has 1 fully saturated rings. The molecule has 0 saturated carbocycles. The molecule has 0 bridgehead atoms. The predicted molar refractivity (Wildman–Crippen MR) is 122 cm³/mol. The van der Waals surface area contributed by atoms with Crippen LogP contribution in [0.3, 0.4) is 0 Å². The number of carbonyl (C=O) groups excluding carboxylic acids is 1. The molecule has 2 N–H and O–H groups in total. The van der Waals surface area contributed by atoms with E-state index in [4.69, 9.17) is 9.47 Å². The monoisotopic (exact) mass is 497 g/mol. The molecule has 0 aliphatic carbocycles. The normalized spacial score (nSPS) is 16.2. The third-order valence-electron chi connectivity index (χ3n) is 4.88. The summed E-state index contributed by atoms with van der Waals surface area (Å²) < 4.78 is 65.7. The van der Waals surface area contributed by atoms with Gasteiger partial charge in [0, 0.05) is 18.8 Å². The van der Waals surface area contributed by atoms with Gasteiger partial charge in [0.2, 0.25) is 26.0 Å². The molecule has 3 rings (SSSR count). The number of nitrogens with zero attached hydrogens (tertiary/aromatic N) is 1. The first-order valence-corrected chi connectivity index (χ1v) is 13.3. The maximum Gasteiger partial charge on any atom is 0.246 e. The van der Waals surface area contributed by atoms with Crippen LogP contribution in [0, 0.1) is 0 Å². The molecule has 2 aromatic rings. The highest BCUT2D eigenvalue weighted by molar-refractivity contribution is 7.89. The zero-order valence-corrected chi connectivity index (χ0v) is 20.0. The van der Waals surface area contributed by atoms with Crippen LogP contribution in [0.5, 0.6) is 5.75 Å². The number of anilines is 1. The van der Waals surface area contributed by atoms with Crippen LogP contribution in [0.1, 0.15) is 13.8 Å². The molecule has 1 atom stereocenters. The SMILES string of the molecule is CCOc1ccc(NC(=O)[C@H](C)NS(=O)(=O)c2ccccc2)cc1S(=O)(=O)N1CCOCC1. The van der Waals surface area contributed by atoms with E-state index in [1.165, 1.54) is 41.6 Å². The van der Waals surface area contributed by atoms with Gasteiger partial charge in [-0.1, -0.05) is 18.2 Å². The molecule has 1 amide bonds. The summed E-state index contributed by atoms with van der Waals surface area (Å²) in [6.07, 6.45) is 0. The van der Waals surface area contributed by atoms with E-state index in [0.717, 1.165) is 0 Å². The van der Waals surface area contributed by atoms with Crippen molar-refractivity contribution in [3.05, 3.63) is 48.5 Å². The Bertz CT molecular complexity index is 1180. The molecular formula is C21H27N3O7S2. The summed E-state index contributed by atoms with van der Waals surface area (Å²) in [5.74, 6) is -0.479. The smallest absolute Gasteiger partial charge is 0.246 e. The van der Waals surface area contributed by atoms with E-state index in [0.29, 0.717) is 13.2 Å². The van der Waals surface area contributed by atoms with Gasteiger partial charge in [0.05, 0.1) is 30.8 Å². The summed E-state index contributed by atoms with van der Waals surface area (Å²) in [4.78, 5) is 12.6. The summed E-state index contributed by atoms with van der Waals surface area (Å²) in [5, 5.41) is 2.57. The number of rotatable bonds is 9. The molecule has 180 valence electrons. The molecule has 33 heavy (non-hydrogen) atoms. The van der Waals surface area contributed by atoms with Crippen molar-refractivity contribution in [1.29, 1.82) is 0 Å². The molecule has 1 aliphatic rings. The van der Waals surface area contributed by atoms with Crippen molar-refractivity contribution < 1.29 is 31.1 Å². The second-order valence-corrected chi connectivity index (χ2v) is 10.9. The molecular weight excluding hydrogens is 470 g/mol. The maximum atomic E-state index is 13.2. The zero-order chi connectivity index (χ0) is 24.1. The van der Waals surface area contributed by atoms with Gasteiger partial charge in [0.1, 0.15) is 10.6 Å². The highest BCUT2D eigenvalue weighted by Gasteiger charge is 2.30. The van der Waals surface area contributed by atoms with Gasteiger partial charge in [-0.2, -0.15) is 9.03 Å². The summed E-state index contributed by atoms with van der Waals surface area (Å²) in [6, 6.07) is 10.8. The van der Waals surface area contributed by atoms with Crippen molar-refractivity contribution in [2.75, 3.05) is 38.2 Å². The molecule has 12 heteroatoms. The van der Waals surface area contributed by atoms with Crippen molar-refractivity contribution in [3.8, 4) is 5.75 Å². The van der Waals surface area contributed by atoms with Gasteiger partial charge in [0.15, 0.2) is 0 Å². The predicted octanol–water partition coefficient (Wildman–Crippen LogP) is 1.41. The fourth-order valence-corrected chi connectivity index (χ4v) is 5.98. The highest BCUT2D eigenvalue weighted by atomic mass is 32.2. The van der Waals surface area contributed by atoms with Gasteiger partial charge in [0.25, 0.3) is 0 Å². The topological polar surface area (TPSA) is 131 Å². The van der Waals surface area contributed by atoms with Crippen LogP contribution < -0.4 is 14.8 Å². The van der Waals surface area contributed by atoms with Gasteiger partial charge in [-0.25, -0.2) is 16.8 Å². The fraction of sp³-hybridized carbons (Fsp3) is 0.381. The molecule has 0 unspecified atom stereocenters. The lowest BCUT2D eigenvalue weighted by Crippen LogP contribution is -2.41. The highest BCUT2D eigenvalue weighted by Crippen LogP contribution is 2.30. The number of morpholine rings is 1. The van der Waals surface area contributed by atoms with E-state index >= 15 is 0 Å². The number of sulfonamides is 2. The van der Waals surface area contributed by atoms with E-state index in [-0.39, 0.29) is 40.9 Å². The first-order valence-electron chi connectivity index (χ1n) is 10.4. The number of benzene rings is 2. The summed E-state index contributed by atoms with van der Waals surface area (Å²) >= 11 is 0. The third kappa shape index (κ3) is 6.09. The Kier molecular flexibility index (Phi) is 8.08. The van der Waals surface area contributed by atoms with Crippen molar-refractivity contribution in [3.63, 3.8) is 0 Å². The maximum absolute atomic E-state index is 13.2. The fourth-order valence-electron chi connectivity index (χ4n) is 3.19. The van der Waals surface area contributed by atoms with Crippen LogP contribution in [0.25, 0.3) is 0 Å². The van der Waals surface area contributed by atoms with Crippen LogP contribution in [0.2, 0.25) is 0 Å². The van der Waals surface area contributed by atoms with Gasteiger partial charge in [-0.3, -0.25) is 4.79 Å². The number of amides is 1. The lowest BCUT2D eigenvalue weighted by molar-refractivity contribution is -0.117. The van der Waals surface area contributed by atoms with Crippen LogP contribution in [0.15, 0.2) is 58.3 Å². The second kappa shape index (κ2) is 10.6. The first-order chi connectivity index (χ1) is 15.6. The largest absolute Gasteiger partial charge is 0.492 e. The molecule has 10 nitrogen and oxygen atoms in total. The van der Waals surface area contributed by atoms with Crippen LogP contribution in [-0.2, 0) is 29.6 Å². The molecule has 0 radical (unpaired) electrons. The van der Waals surface area contributed by atoms with Crippen LogP contribution in [-0.4, -0.2) is 66.0 Å². The summed E-state index contributed by atoms with van der Waals surface area (Å²) in [5.41, 5.74) is 0.195. The second-order valence-electron chi connectivity index (χ2n) is 7.26. The van der Waals surface area contributed by atoms with E-state index in [1.807, 2.05) is 0 Å². The Balaban J connectivity index is 1.80. The minimum Gasteiger partial charge on any atom is -0.492 e. The standard InChI is InChI=1S/C21H27N3O7S2/c1-3-31-19-10-9-17(15-20(19)33(28,29)24-11-13-30-14-12-24)22-21(25)16(2)23-32(26,27)18-7-5-4-6-8-18/h4-10,15-16,23H,3,11-14H2,1-2H3,(H,22,25)/t16-/m0/s1. The van der Waals surface area contributed by atoms with Gasteiger partial charge in [-0.15, -0.1) is 0 Å². The van der Waals surface area contributed by atoms with Crippen molar-refractivity contribution in [2.24, 2.45) is 0 Å². The number of nitrogens with one attached hydrogen (secondary N) is 2. The molecule has 1 heterocycles. The van der Waals surface area contributed by atoms with Crippen molar-refractivity contribution >= 4 is 31.6 Å². The zero-order valence-electron chi connectivity index (χ0n) is 18.4. The number of carbonyl (C=O) groups is 1. The number of ether oxygens (including phenoxy) is 2. The third-order valence-corrected chi connectivity index (χ3v) is 8.35. The molecule has 0 aromatic heterocycles. The number of hydrogen-bond acceptors (Lipinski definition) is 7. The first kappa shape index (κ1) is 25.1. The van der Waals surface area contributed by atoms with Crippen LogP contribution >= 0.6 is 0 Å². The Morgan fingerprint density at radius 2 is 1.76 bits per heavy atom. The Morgan fingerprint density at radius 3 is 2.39 bits per heavy atom. The molecule has 2 aromatic carbocycles. The lowest BCUT2D eigenvalue weighted by atomic mass is 10.2. The Morgan fingerprint density at radius 1 is 1.09 bits per heavy atom. The summed E-state index contributed by atoms with van der Waals surface area (Å²) in [6.45, 7) is 4.40.